The number of benzene rings is 1. The van der Waals surface area contributed by atoms with Gasteiger partial charge in [0.25, 0.3) is 0 Å². The highest BCUT2D eigenvalue weighted by molar-refractivity contribution is 5.84. The Morgan fingerprint density at radius 1 is 1.24 bits per heavy atom. The molecule has 1 saturated carbocycles. The van der Waals surface area contributed by atoms with Crippen LogP contribution >= 0.6 is 0 Å². The van der Waals surface area contributed by atoms with E-state index < -0.39 is 0 Å². The molecule has 0 radical (unpaired) electrons. The molecule has 0 spiro atoms. The molecule has 2 aromatic rings. The van der Waals surface area contributed by atoms with E-state index in [1.165, 1.54) is 0 Å². The van der Waals surface area contributed by atoms with Gasteiger partial charge >= 0.3 is 0 Å². The van der Waals surface area contributed by atoms with Crippen molar-refractivity contribution in [3.8, 4) is 5.75 Å². The molecule has 90 valence electrons. The van der Waals surface area contributed by atoms with Crippen molar-refractivity contribution in [2.45, 2.75) is 37.8 Å². The minimum atomic E-state index is 0.301. The molecule has 0 saturated heterocycles. The van der Waals surface area contributed by atoms with Gasteiger partial charge in [0.1, 0.15) is 5.75 Å². The van der Waals surface area contributed by atoms with Crippen molar-refractivity contribution < 1.29 is 4.74 Å². The van der Waals surface area contributed by atoms with Crippen LogP contribution in [0.3, 0.4) is 0 Å². The third-order valence-corrected chi connectivity index (χ3v) is 3.46. The highest BCUT2D eigenvalue weighted by Crippen LogP contribution is 2.28. The van der Waals surface area contributed by atoms with E-state index in [9.17, 15) is 0 Å². The summed E-state index contributed by atoms with van der Waals surface area (Å²) in [7, 11) is 0. The number of nitrogens with one attached hydrogen (secondary N) is 1. The van der Waals surface area contributed by atoms with Crippen LogP contribution in [0.2, 0.25) is 0 Å². The van der Waals surface area contributed by atoms with E-state index in [-0.39, 0.29) is 0 Å². The van der Waals surface area contributed by atoms with E-state index in [4.69, 9.17) is 10.5 Å². The molecule has 3 rings (SSSR count). The normalized spacial score (nSPS) is 25.0. The predicted molar refractivity (Wildman–Crippen MR) is 67.0 cm³/mol. The van der Waals surface area contributed by atoms with Crippen LogP contribution in [-0.2, 0) is 0 Å². The van der Waals surface area contributed by atoms with Gasteiger partial charge in [-0.2, -0.15) is 5.10 Å². The van der Waals surface area contributed by atoms with E-state index in [0.717, 1.165) is 42.3 Å². The number of aromatic nitrogens is 2. The standard InChI is InChI=1S/C13H17N3O/c14-9-4-6-10(7-5-9)17-13-3-1-2-12-11(13)8-15-16-12/h1-3,8-10H,4-7,14H2,(H,15,16). The Bertz CT molecular complexity index is 500. The Kier molecular flexibility index (Phi) is 2.73. The molecule has 1 aliphatic rings. The summed E-state index contributed by atoms with van der Waals surface area (Å²) in [4.78, 5) is 0. The molecule has 4 heteroatoms. The summed E-state index contributed by atoms with van der Waals surface area (Å²) in [5.41, 5.74) is 6.92. The molecule has 3 N–H and O–H groups in total. The monoisotopic (exact) mass is 231 g/mol. The van der Waals surface area contributed by atoms with Crippen molar-refractivity contribution in [2.24, 2.45) is 5.73 Å². The maximum atomic E-state index is 6.06. The molecule has 17 heavy (non-hydrogen) atoms. The fourth-order valence-corrected chi connectivity index (χ4v) is 2.43. The first-order valence-electron chi connectivity index (χ1n) is 6.17. The lowest BCUT2D eigenvalue weighted by molar-refractivity contribution is 0.149. The highest BCUT2D eigenvalue weighted by Gasteiger charge is 2.20. The lowest BCUT2D eigenvalue weighted by Crippen LogP contribution is -2.31. The van der Waals surface area contributed by atoms with Crippen molar-refractivity contribution in [2.75, 3.05) is 0 Å². The molecular weight excluding hydrogens is 214 g/mol. The van der Waals surface area contributed by atoms with Gasteiger partial charge in [-0.1, -0.05) is 6.07 Å². The largest absolute Gasteiger partial charge is 0.490 e. The summed E-state index contributed by atoms with van der Waals surface area (Å²) in [5.74, 6) is 0.928. The van der Waals surface area contributed by atoms with Crippen molar-refractivity contribution >= 4 is 10.9 Å². The van der Waals surface area contributed by atoms with Gasteiger partial charge in [-0.25, -0.2) is 0 Å². The number of H-pyrrole nitrogens is 1. The Morgan fingerprint density at radius 2 is 2.06 bits per heavy atom. The minimum absolute atomic E-state index is 0.301. The fraction of sp³-hybridized carbons (Fsp3) is 0.462. The zero-order valence-corrected chi connectivity index (χ0v) is 9.73. The van der Waals surface area contributed by atoms with Crippen molar-refractivity contribution in [3.63, 3.8) is 0 Å². The summed E-state index contributed by atoms with van der Waals surface area (Å²) in [6.07, 6.45) is 6.34. The molecular formula is C13H17N3O. The first-order chi connectivity index (χ1) is 8.33. The van der Waals surface area contributed by atoms with Crippen LogP contribution < -0.4 is 10.5 Å². The van der Waals surface area contributed by atoms with Crippen LogP contribution in [-0.4, -0.2) is 22.3 Å². The first-order valence-corrected chi connectivity index (χ1v) is 6.17. The van der Waals surface area contributed by atoms with Gasteiger partial charge in [-0.05, 0) is 37.8 Å². The summed E-state index contributed by atoms with van der Waals surface area (Å²) in [5, 5.41) is 8.05. The van der Waals surface area contributed by atoms with E-state index in [1.807, 2.05) is 24.4 Å². The molecule has 0 aliphatic heterocycles. The fourth-order valence-electron chi connectivity index (χ4n) is 2.43. The molecule has 0 unspecified atom stereocenters. The molecule has 0 amide bonds. The van der Waals surface area contributed by atoms with Gasteiger partial charge in [0.05, 0.1) is 23.2 Å². The van der Waals surface area contributed by atoms with E-state index in [1.54, 1.807) is 0 Å². The quantitative estimate of drug-likeness (QED) is 0.833. The van der Waals surface area contributed by atoms with Gasteiger partial charge in [0, 0.05) is 6.04 Å². The molecule has 4 nitrogen and oxygen atoms in total. The number of fused-ring (bicyclic) bond motifs is 1. The zero-order valence-electron chi connectivity index (χ0n) is 9.73. The van der Waals surface area contributed by atoms with Crippen LogP contribution in [0.25, 0.3) is 10.9 Å². The Hall–Kier alpha value is -1.55. The van der Waals surface area contributed by atoms with Gasteiger partial charge in [0.15, 0.2) is 0 Å². The maximum Gasteiger partial charge on any atom is 0.130 e. The van der Waals surface area contributed by atoms with Crippen LogP contribution in [0.5, 0.6) is 5.75 Å². The SMILES string of the molecule is NC1CCC(Oc2cccc3[nH]ncc23)CC1. The van der Waals surface area contributed by atoms with Crippen LogP contribution in [0.4, 0.5) is 0 Å². The molecule has 1 aromatic heterocycles. The number of rotatable bonds is 2. The highest BCUT2D eigenvalue weighted by atomic mass is 16.5. The predicted octanol–water partition coefficient (Wildman–Crippen LogP) is 2.21. The summed E-state index contributed by atoms with van der Waals surface area (Å²) in [6, 6.07) is 6.36. The Morgan fingerprint density at radius 3 is 2.88 bits per heavy atom. The van der Waals surface area contributed by atoms with Crippen molar-refractivity contribution in [1.82, 2.24) is 10.2 Å². The topological polar surface area (TPSA) is 63.9 Å². The van der Waals surface area contributed by atoms with Crippen LogP contribution in [0.1, 0.15) is 25.7 Å². The summed E-state index contributed by atoms with van der Waals surface area (Å²) >= 11 is 0. The number of hydrogen-bond donors (Lipinski definition) is 2. The zero-order chi connectivity index (χ0) is 11.7. The van der Waals surface area contributed by atoms with Crippen LogP contribution in [0, 0.1) is 0 Å². The summed E-state index contributed by atoms with van der Waals surface area (Å²) in [6.45, 7) is 0. The van der Waals surface area contributed by atoms with Gasteiger partial charge in [-0.15, -0.1) is 0 Å². The molecule has 1 aromatic carbocycles. The van der Waals surface area contributed by atoms with Crippen molar-refractivity contribution in [1.29, 1.82) is 0 Å². The molecule has 0 bridgehead atoms. The lowest BCUT2D eigenvalue weighted by Gasteiger charge is -2.26. The van der Waals surface area contributed by atoms with Gasteiger partial charge in [-0.3, -0.25) is 5.10 Å². The molecule has 0 atom stereocenters. The van der Waals surface area contributed by atoms with E-state index >= 15 is 0 Å². The average molecular weight is 231 g/mol. The maximum absolute atomic E-state index is 6.06. The minimum Gasteiger partial charge on any atom is -0.490 e. The van der Waals surface area contributed by atoms with Gasteiger partial charge < -0.3 is 10.5 Å². The molecule has 1 heterocycles. The smallest absolute Gasteiger partial charge is 0.130 e. The second-order valence-corrected chi connectivity index (χ2v) is 4.74. The molecule has 1 fully saturated rings. The number of aromatic amines is 1. The number of nitrogens with zero attached hydrogens (tertiary/aromatic N) is 1. The lowest BCUT2D eigenvalue weighted by atomic mass is 9.94. The third-order valence-electron chi connectivity index (χ3n) is 3.46. The van der Waals surface area contributed by atoms with Crippen molar-refractivity contribution in [3.05, 3.63) is 24.4 Å². The second kappa shape index (κ2) is 4.37. The number of ether oxygens (including phenoxy) is 1. The van der Waals surface area contributed by atoms with E-state index in [0.29, 0.717) is 12.1 Å². The summed E-state index contributed by atoms with van der Waals surface area (Å²) < 4.78 is 6.06. The number of hydrogen-bond acceptors (Lipinski definition) is 3. The van der Waals surface area contributed by atoms with Gasteiger partial charge in [0.2, 0.25) is 0 Å². The Balaban J connectivity index is 1.78. The molecule has 1 aliphatic carbocycles. The Labute approximate surface area is 100 Å². The second-order valence-electron chi connectivity index (χ2n) is 4.74. The average Bonchev–Trinajstić information content (AvgIpc) is 2.81. The third kappa shape index (κ3) is 2.13. The first kappa shape index (κ1) is 10.6. The van der Waals surface area contributed by atoms with E-state index in [2.05, 4.69) is 10.2 Å². The number of nitrogens with two attached hydrogens (primary N) is 1. The van der Waals surface area contributed by atoms with Crippen LogP contribution in [0.15, 0.2) is 24.4 Å².